The fraction of sp³-hybridized carbons (Fsp3) is 0.450. The molecule has 0 unspecified atom stereocenters. The van der Waals surface area contributed by atoms with Gasteiger partial charge in [-0.2, -0.15) is 5.10 Å². The van der Waals surface area contributed by atoms with Crippen LogP contribution in [0.4, 0.5) is 0 Å². The number of aromatic nitrogens is 2. The molecule has 0 N–H and O–H groups in total. The number of hydrogen-bond donors (Lipinski definition) is 0. The fourth-order valence-electron chi connectivity index (χ4n) is 4.12. The molecule has 0 spiro atoms. The number of benzene rings is 1. The first-order chi connectivity index (χ1) is 12.4. The number of carbonyl (C=O) groups is 1. The minimum absolute atomic E-state index is 0.0131. The van der Waals surface area contributed by atoms with Gasteiger partial charge < -0.3 is 4.90 Å². The van der Waals surface area contributed by atoms with Gasteiger partial charge in [-0.1, -0.05) is 32.0 Å². The number of aryl methyl sites for hydroxylation is 1. The first-order valence-corrected chi connectivity index (χ1v) is 9.92. The van der Waals surface area contributed by atoms with Gasteiger partial charge >= 0.3 is 0 Å². The van der Waals surface area contributed by atoms with Crippen LogP contribution >= 0.6 is 11.3 Å². The molecule has 1 saturated heterocycles. The smallest absolute Gasteiger partial charge is 0.276 e. The lowest BCUT2D eigenvalue weighted by Gasteiger charge is -2.35. The molecule has 136 valence electrons. The zero-order chi connectivity index (χ0) is 18.4. The molecule has 3 heterocycles. The van der Waals surface area contributed by atoms with Crippen LogP contribution in [0.15, 0.2) is 29.1 Å². The Morgan fingerprint density at radius 1 is 1.23 bits per heavy atom. The molecular formula is C20H23N3O2S. The van der Waals surface area contributed by atoms with Gasteiger partial charge in [0, 0.05) is 23.2 Å². The lowest BCUT2D eigenvalue weighted by Crippen LogP contribution is -2.45. The molecule has 0 aliphatic carbocycles. The second-order valence-corrected chi connectivity index (χ2v) is 8.65. The van der Waals surface area contributed by atoms with E-state index in [1.54, 1.807) is 11.3 Å². The second-order valence-electron chi connectivity index (χ2n) is 7.60. The first-order valence-electron chi connectivity index (χ1n) is 9.10. The van der Waals surface area contributed by atoms with Crippen molar-refractivity contribution in [3.8, 4) is 0 Å². The summed E-state index contributed by atoms with van der Waals surface area (Å²) in [4.78, 5) is 27.7. The standard InChI is InChI=1S/C20H23N3O2S/c1-12-8-13(2)10-22(9-12)17(24)11-23-20(25)18-15-6-4-5-7-16(15)26-19(18)14(3)21-23/h4-7,12-13H,8-11H2,1-3H3/t12-,13+. The van der Waals surface area contributed by atoms with Gasteiger partial charge in [0.25, 0.3) is 5.56 Å². The summed E-state index contributed by atoms with van der Waals surface area (Å²) in [5, 5.41) is 6.07. The molecular weight excluding hydrogens is 346 g/mol. The van der Waals surface area contributed by atoms with E-state index in [1.165, 1.54) is 4.68 Å². The van der Waals surface area contributed by atoms with Gasteiger partial charge in [0.1, 0.15) is 6.54 Å². The van der Waals surface area contributed by atoms with E-state index in [0.717, 1.165) is 40.0 Å². The summed E-state index contributed by atoms with van der Waals surface area (Å²) in [5.74, 6) is 0.978. The van der Waals surface area contributed by atoms with Crippen molar-refractivity contribution in [3.63, 3.8) is 0 Å². The Balaban J connectivity index is 1.73. The average molecular weight is 369 g/mol. The van der Waals surface area contributed by atoms with Crippen molar-refractivity contribution in [2.45, 2.75) is 33.7 Å². The number of piperidine rings is 1. The number of rotatable bonds is 2. The highest BCUT2D eigenvalue weighted by Crippen LogP contribution is 2.32. The predicted octanol–water partition coefficient (Wildman–Crippen LogP) is 3.42. The summed E-state index contributed by atoms with van der Waals surface area (Å²) in [6.45, 7) is 7.80. The van der Waals surface area contributed by atoms with E-state index in [4.69, 9.17) is 0 Å². The summed E-state index contributed by atoms with van der Waals surface area (Å²) >= 11 is 1.59. The Morgan fingerprint density at radius 2 is 1.92 bits per heavy atom. The van der Waals surface area contributed by atoms with Crippen LogP contribution in [-0.4, -0.2) is 33.7 Å². The van der Waals surface area contributed by atoms with Gasteiger partial charge in [-0.25, -0.2) is 4.68 Å². The Labute approximate surface area is 156 Å². The van der Waals surface area contributed by atoms with E-state index in [0.29, 0.717) is 17.2 Å². The molecule has 26 heavy (non-hydrogen) atoms. The summed E-state index contributed by atoms with van der Waals surface area (Å²) < 4.78 is 3.34. The number of fused-ring (bicyclic) bond motifs is 3. The molecule has 6 heteroatoms. The number of likely N-dealkylation sites (tertiary alicyclic amines) is 1. The SMILES string of the molecule is Cc1nn(CC(=O)N2C[C@H](C)C[C@H](C)C2)c(=O)c2c1sc1ccccc12. The molecule has 2 aromatic heterocycles. The van der Waals surface area contributed by atoms with E-state index in [-0.39, 0.29) is 18.0 Å². The maximum absolute atomic E-state index is 13.0. The van der Waals surface area contributed by atoms with E-state index in [9.17, 15) is 9.59 Å². The Morgan fingerprint density at radius 3 is 2.65 bits per heavy atom. The van der Waals surface area contributed by atoms with Crippen LogP contribution in [-0.2, 0) is 11.3 Å². The van der Waals surface area contributed by atoms with Crippen LogP contribution in [0.5, 0.6) is 0 Å². The quantitative estimate of drug-likeness (QED) is 0.695. The monoisotopic (exact) mass is 369 g/mol. The summed E-state index contributed by atoms with van der Waals surface area (Å²) in [7, 11) is 0. The molecule has 1 aliphatic rings. The van der Waals surface area contributed by atoms with Crippen molar-refractivity contribution in [3.05, 3.63) is 40.3 Å². The fourth-order valence-corrected chi connectivity index (χ4v) is 5.25. The molecule has 2 atom stereocenters. The number of amides is 1. The molecule has 4 rings (SSSR count). The van der Waals surface area contributed by atoms with Crippen molar-refractivity contribution in [1.82, 2.24) is 14.7 Å². The van der Waals surface area contributed by atoms with Crippen molar-refractivity contribution >= 4 is 37.4 Å². The Kier molecular flexibility index (Phi) is 4.31. The maximum Gasteiger partial charge on any atom is 0.276 e. The van der Waals surface area contributed by atoms with Crippen LogP contribution in [0.2, 0.25) is 0 Å². The van der Waals surface area contributed by atoms with Gasteiger partial charge in [0.2, 0.25) is 5.91 Å². The Hall–Kier alpha value is -2.21. The molecule has 0 saturated carbocycles. The van der Waals surface area contributed by atoms with Crippen LogP contribution in [0.3, 0.4) is 0 Å². The summed E-state index contributed by atoms with van der Waals surface area (Å²) in [5.41, 5.74) is 0.628. The third-order valence-electron chi connectivity index (χ3n) is 5.15. The zero-order valence-corrected chi connectivity index (χ0v) is 16.2. The van der Waals surface area contributed by atoms with Gasteiger partial charge in [0.05, 0.1) is 15.8 Å². The second kappa shape index (κ2) is 6.50. The highest BCUT2D eigenvalue weighted by atomic mass is 32.1. The van der Waals surface area contributed by atoms with E-state index < -0.39 is 0 Å². The lowest BCUT2D eigenvalue weighted by atomic mass is 9.92. The Bertz CT molecular complexity index is 1040. The van der Waals surface area contributed by atoms with Crippen molar-refractivity contribution in [2.75, 3.05) is 13.1 Å². The van der Waals surface area contributed by atoms with Gasteiger partial charge in [0.15, 0.2) is 0 Å². The first kappa shape index (κ1) is 17.2. The van der Waals surface area contributed by atoms with Crippen LogP contribution in [0.25, 0.3) is 20.2 Å². The third kappa shape index (κ3) is 2.92. The molecule has 3 aromatic rings. The molecule has 1 aromatic carbocycles. The average Bonchev–Trinajstić information content (AvgIpc) is 2.99. The van der Waals surface area contributed by atoms with E-state index >= 15 is 0 Å². The molecule has 1 aliphatic heterocycles. The van der Waals surface area contributed by atoms with Crippen LogP contribution in [0, 0.1) is 18.8 Å². The van der Waals surface area contributed by atoms with Crippen LogP contribution < -0.4 is 5.56 Å². The molecule has 1 fully saturated rings. The highest BCUT2D eigenvalue weighted by molar-refractivity contribution is 7.26. The number of carbonyl (C=O) groups excluding carboxylic acids is 1. The van der Waals surface area contributed by atoms with Gasteiger partial charge in [-0.3, -0.25) is 9.59 Å². The normalized spacial score (nSPS) is 20.8. The molecule has 0 radical (unpaired) electrons. The lowest BCUT2D eigenvalue weighted by molar-refractivity contribution is -0.134. The van der Waals surface area contributed by atoms with E-state index in [2.05, 4.69) is 18.9 Å². The molecule has 5 nitrogen and oxygen atoms in total. The van der Waals surface area contributed by atoms with Gasteiger partial charge in [-0.15, -0.1) is 11.3 Å². The molecule has 1 amide bonds. The minimum atomic E-state index is -0.172. The number of nitrogens with zero attached hydrogens (tertiary/aromatic N) is 3. The largest absolute Gasteiger partial charge is 0.341 e. The highest BCUT2D eigenvalue weighted by Gasteiger charge is 2.26. The molecule has 0 bridgehead atoms. The maximum atomic E-state index is 13.0. The summed E-state index contributed by atoms with van der Waals surface area (Å²) in [6, 6.07) is 7.90. The van der Waals surface area contributed by atoms with E-state index in [1.807, 2.05) is 36.1 Å². The topological polar surface area (TPSA) is 55.2 Å². The van der Waals surface area contributed by atoms with Crippen LogP contribution in [0.1, 0.15) is 26.0 Å². The van der Waals surface area contributed by atoms with Crippen molar-refractivity contribution < 1.29 is 4.79 Å². The number of hydrogen-bond acceptors (Lipinski definition) is 4. The predicted molar refractivity (Wildman–Crippen MR) is 106 cm³/mol. The third-order valence-corrected chi connectivity index (χ3v) is 6.43. The van der Waals surface area contributed by atoms with Crippen molar-refractivity contribution in [1.29, 1.82) is 0 Å². The zero-order valence-electron chi connectivity index (χ0n) is 15.4. The van der Waals surface area contributed by atoms with Gasteiger partial charge in [-0.05, 0) is 31.2 Å². The number of thiophene rings is 1. The van der Waals surface area contributed by atoms with Crippen molar-refractivity contribution in [2.24, 2.45) is 11.8 Å². The minimum Gasteiger partial charge on any atom is -0.341 e. The summed E-state index contributed by atoms with van der Waals surface area (Å²) in [6.07, 6.45) is 1.15.